The molecule has 0 N–H and O–H groups in total. The molecule has 0 radical (unpaired) electrons. The lowest BCUT2D eigenvalue weighted by atomic mass is 10.2. The number of nitrogens with zero attached hydrogens (tertiary/aromatic N) is 1. The highest BCUT2D eigenvalue weighted by molar-refractivity contribution is 6.25. The highest BCUT2D eigenvalue weighted by atomic mass is 35.5. The van der Waals surface area contributed by atoms with Gasteiger partial charge in [-0.1, -0.05) is 11.6 Å². The first-order valence-corrected chi connectivity index (χ1v) is 3.87. The van der Waals surface area contributed by atoms with Crippen LogP contribution in [0.1, 0.15) is 23.0 Å². The van der Waals surface area contributed by atoms with Crippen molar-refractivity contribution in [1.29, 1.82) is 0 Å². The molecule has 1 aromatic heterocycles. The van der Waals surface area contributed by atoms with Gasteiger partial charge >= 0.3 is 5.97 Å². The molecule has 0 amide bonds. The smallest absolute Gasteiger partial charge is 0.342 e. The van der Waals surface area contributed by atoms with Gasteiger partial charge in [0.1, 0.15) is 5.69 Å². The Kier molecular flexibility index (Phi) is 1.38. The van der Waals surface area contributed by atoms with Crippen molar-refractivity contribution in [2.45, 2.75) is 12.0 Å². The maximum absolute atomic E-state index is 11.1. The molecule has 0 spiro atoms. The second kappa shape index (κ2) is 2.20. The van der Waals surface area contributed by atoms with Crippen LogP contribution in [0.3, 0.4) is 0 Å². The molecule has 1 atom stereocenters. The first-order valence-electron chi connectivity index (χ1n) is 3.49. The summed E-state index contributed by atoms with van der Waals surface area (Å²) in [5.74, 6) is -0.407. The number of rotatable bonds is 0. The Bertz CT molecular complexity index is 349. The zero-order valence-electron chi connectivity index (χ0n) is 6.37. The predicted octanol–water partition coefficient (Wildman–Crippen LogP) is 1.66. The van der Waals surface area contributed by atoms with Gasteiger partial charge < -0.3 is 4.74 Å². The van der Waals surface area contributed by atoms with Gasteiger partial charge in [0.2, 0.25) is 5.06 Å². The topological polar surface area (TPSA) is 39.2 Å². The van der Waals surface area contributed by atoms with Crippen LogP contribution < -0.4 is 0 Å². The van der Waals surface area contributed by atoms with Crippen LogP contribution in [0.4, 0.5) is 0 Å². The van der Waals surface area contributed by atoms with Crippen molar-refractivity contribution < 1.29 is 9.53 Å². The molecule has 0 aliphatic carbocycles. The van der Waals surface area contributed by atoms with Gasteiger partial charge in [0.05, 0.1) is 5.56 Å². The van der Waals surface area contributed by atoms with Crippen molar-refractivity contribution >= 4 is 17.6 Å². The van der Waals surface area contributed by atoms with Crippen molar-refractivity contribution in [2.24, 2.45) is 0 Å². The molecule has 3 nitrogen and oxygen atoms in total. The number of pyridine rings is 1. The molecule has 4 heteroatoms. The van der Waals surface area contributed by atoms with Gasteiger partial charge in [0.25, 0.3) is 0 Å². The highest BCUT2D eigenvalue weighted by Crippen LogP contribution is 2.37. The summed E-state index contributed by atoms with van der Waals surface area (Å²) in [6, 6.07) is 3.33. The van der Waals surface area contributed by atoms with Crippen LogP contribution in [0.5, 0.6) is 0 Å². The van der Waals surface area contributed by atoms with E-state index in [9.17, 15) is 4.79 Å². The molecule has 2 heterocycles. The Morgan fingerprint density at radius 1 is 1.67 bits per heavy atom. The first kappa shape index (κ1) is 7.55. The molecule has 1 aromatic rings. The fourth-order valence-corrected chi connectivity index (χ4v) is 1.42. The SMILES string of the molecule is C[C@]1(Cl)OC(=O)c2cccnc21. The van der Waals surface area contributed by atoms with E-state index in [4.69, 9.17) is 16.3 Å². The molecule has 62 valence electrons. The van der Waals surface area contributed by atoms with Gasteiger partial charge in [-0.25, -0.2) is 4.79 Å². The highest BCUT2D eigenvalue weighted by Gasteiger charge is 2.41. The number of aromatic nitrogens is 1. The quantitative estimate of drug-likeness (QED) is 0.454. The Labute approximate surface area is 74.3 Å². The lowest BCUT2D eigenvalue weighted by Crippen LogP contribution is -2.13. The van der Waals surface area contributed by atoms with Crippen LogP contribution >= 0.6 is 11.6 Å². The molecule has 0 unspecified atom stereocenters. The van der Waals surface area contributed by atoms with E-state index in [1.165, 1.54) is 0 Å². The summed E-state index contributed by atoms with van der Waals surface area (Å²) >= 11 is 5.89. The molecule has 0 aromatic carbocycles. The number of alkyl halides is 1. The summed E-state index contributed by atoms with van der Waals surface area (Å²) in [6.07, 6.45) is 1.58. The van der Waals surface area contributed by atoms with Gasteiger partial charge in [0.15, 0.2) is 0 Å². The van der Waals surface area contributed by atoms with Crippen molar-refractivity contribution in [3.63, 3.8) is 0 Å². The van der Waals surface area contributed by atoms with Gasteiger partial charge in [-0.05, 0) is 19.1 Å². The number of fused-ring (bicyclic) bond motifs is 1. The maximum atomic E-state index is 11.1. The predicted molar refractivity (Wildman–Crippen MR) is 42.9 cm³/mol. The van der Waals surface area contributed by atoms with E-state index >= 15 is 0 Å². The van der Waals surface area contributed by atoms with Crippen LogP contribution in [0.25, 0.3) is 0 Å². The van der Waals surface area contributed by atoms with E-state index in [2.05, 4.69) is 4.98 Å². The van der Waals surface area contributed by atoms with Crippen molar-refractivity contribution in [3.8, 4) is 0 Å². The third-order valence-corrected chi connectivity index (χ3v) is 1.99. The molecule has 0 fully saturated rings. The molecule has 0 saturated heterocycles. The van der Waals surface area contributed by atoms with Crippen LogP contribution in [0.2, 0.25) is 0 Å². The summed E-state index contributed by atoms with van der Waals surface area (Å²) in [6.45, 7) is 1.60. The Hall–Kier alpha value is -1.09. The Morgan fingerprint density at radius 3 is 3.08 bits per heavy atom. The second-order valence-electron chi connectivity index (χ2n) is 2.71. The molecule has 2 rings (SSSR count). The van der Waals surface area contributed by atoms with Gasteiger partial charge in [-0.3, -0.25) is 4.98 Å². The van der Waals surface area contributed by atoms with Gasteiger partial charge in [0, 0.05) is 6.20 Å². The van der Waals surface area contributed by atoms with Crippen molar-refractivity contribution in [1.82, 2.24) is 4.98 Å². The number of halogens is 1. The van der Waals surface area contributed by atoms with Crippen LogP contribution in [-0.2, 0) is 9.80 Å². The second-order valence-corrected chi connectivity index (χ2v) is 3.43. The minimum Gasteiger partial charge on any atom is -0.434 e. The number of hydrogen-bond acceptors (Lipinski definition) is 3. The third-order valence-electron chi connectivity index (χ3n) is 1.73. The van der Waals surface area contributed by atoms with E-state index in [1.807, 2.05) is 0 Å². The molecular weight excluding hydrogens is 178 g/mol. The zero-order valence-corrected chi connectivity index (χ0v) is 7.13. The van der Waals surface area contributed by atoms with Crippen LogP contribution in [-0.4, -0.2) is 11.0 Å². The molecule has 12 heavy (non-hydrogen) atoms. The maximum Gasteiger partial charge on any atom is 0.342 e. The summed E-state index contributed by atoms with van der Waals surface area (Å²) in [5.41, 5.74) is 0.951. The molecule has 0 saturated carbocycles. The fourth-order valence-electron chi connectivity index (χ4n) is 1.20. The monoisotopic (exact) mass is 183 g/mol. The van der Waals surface area contributed by atoms with Gasteiger partial charge in [-0.2, -0.15) is 0 Å². The average Bonchev–Trinajstić information content (AvgIpc) is 2.25. The summed E-state index contributed by atoms with van der Waals surface area (Å²) < 4.78 is 4.88. The Balaban J connectivity index is 2.66. The minimum atomic E-state index is -1.09. The fraction of sp³-hybridized carbons (Fsp3) is 0.250. The lowest BCUT2D eigenvalue weighted by molar-refractivity contribution is 0.0309. The molecule has 0 bridgehead atoms. The summed E-state index contributed by atoms with van der Waals surface area (Å²) in [4.78, 5) is 15.1. The molecule has 1 aliphatic rings. The van der Waals surface area contributed by atoms with E-state index in [0.717, 1.165) is 0 Å². The number of carbonyl (C=O) groups is 1. The lowest BCUT2D eigenvalue weighted by Gasteiger charge is -2.12. The van der Waals surface area contributed by atoms with E-state index in [1.54, 1.807) is 25.3 Å². The minimum absolute atomic E-state index is 0.407. The van der Waals surface area contributed by atoms with Crippen LogP contribution in [0, 0.1) is 0 Å². The number of carbonyl (C=O) groups excluding carboxylic acids is 1. The number of esters is 1. The van der Waals surface area contributed by atoms with E-state index in [0.29, 0.717) is 11.3 Å². The normalized spacial score (nSPS) is 26.7. The van der Waals surface area contributed by atoms with Crippen molar-refractivity contribution in [2.75, 3.05) is 0 Å². The molecule has 1 aliphatic heterocycles. The van der Waals surface area contributed by atoms with Crippen LogP contribution in [0.15, 0.2) is 18.3 Å². The molecular formula is C8H6ClNO2. The summed E-state index contributed by atoms with van der Waals surface area (Å²) in [5, 5.41) is -1.09. The van der Waals surface area contributed by atoms with Crippen molar-refractivity contribution in [3.05, 3.63) is 29.6 Å². The third kappa shape index (κ3) is 0.898. The average molecular weight is 184 g/mol. The number of ether oxygens (including phenoxy) is 1. The van der Waals surface area contributed by atoms with Gasteiger partial charge in [-0.15, -0.1) is 0 Å². The standard InChI is InChI=1S/C8H6ClNO2/c1-8(9)6-5(7(11)12-8)3-2-4-10-6/h2-4H,1H3/t8-/m0/s1. The van der Waals surface area contributed by atoms with E-state index in [-0.39, 0.29) is 0 Å². The number of hydrogen-bond donors (Lipinski definition) is 0. The number of cyclic esters (lactones) is 1. The Morgan fingerprint density at radius 2 is 2.42 bits per heavy atom. The first-order chi connectivity index (χ1) is 5.61. The largest absolute Gasteiger partial charge is 0.434 e. The summed E-state index contributed by atoms with van der Waals surface area (Å²) in [7, 11) is 0. The van der Waals surface area contributed by atoms with E-state index < -0.39 is 11.0 Å². The zero-order chi connectivity index (χ0) is 8.77.